The molecule has 1 N–H and O–H groups in total. The smallest absolute Gasteiger partial charge is 0.198 e. The van der Waals surface area contributed by atoms with Crippen molar-refractivity contribution in [1.82, 2.24) is 5.32 Å². The first-order chi connectivity index (χ1) is 5.86. The summed E-state index contributed by atoms with van der Waals surface area (Å²) >= 11 is 0. The SMILES string of the molecule is O=C(CC1CNC1)c1ccco1. The summed E-state index contributed by atoms with van der Waals surface area (Å²) in [7, 11) is 0. The van der Waals surface area contributed by atoms with Crippen LogP contribution in [0.3, 0.4) is 0 Å². The Bertz CT molecular complexity index is 262. The Morgan fingerprint density at radius 2 is 2.50 bits per heavy atom. The van der Waals surface area contributed by atoms with Crippen molar-refractivity contribution in [3.63, 3.8) is 0 Å². The average molecular weight is 165 g/mol. The van der Waals surface area contributed by atoms with Crippen molar-refractivity contribution in [2.24, 2.45) is 5.92 Å². The molecule has 0 bridgehead atoms. The number of carbonyl (C=O) groups is 1. The molecule has 3 heteroatoms. The van der Waals surface area contributed by atoms with Crippen LogP contribution in [0.25, 0.3) is 0 Å². The van der Waals surface area contributed by atoms with Gasteiger partial charge >= 0.3 is 0 Å². The van der Waals surface area contributed by atoms with E-state index in [0.29, 0.717) is 18.1 Å². The third-order valence-electron chi connectivity index (χ3n) is 2.14. The molecule has 1 aromatic heterocycles. The Balaban J connectivity index is 1.92. The van der Waals surface area contributed by atoms with Crippen LogP contribution in [-0.2, 0) is 0 Å². The zero-order valence-corrected chi connectivity index (χ0v) is 6.75. The third-order valence-corrected chi connectivity index (χ3v) is 2.14. The van der Waals surface area contributed by atoms with E-state index >= 15 is 0 Å². The molecule has 1 aliphatic rings. The Labute approximate surface area is 70.8 Å². The molecule has 64 valence electrons. The molecule has 0 radical (unpaired) electrons. The highest BCUT2D eigenvalue weighted by Crippen LogP contribution is 2.13. The number of nitrogens with one attached hydrogen (secondary N) is 1. The van der Waals surface area contributed by atoms with E-state index in [0.717, 1.165) is 13.1 Å². The van der Waals surface area contributed by atoms with Gasteiger partial charge in [0, 0.05) is 6.42 Å². The Kier molecular flexibility index (Phi) is 1.96. The van der Waals surface area contributed by atoms with Gasteiger partial charge in [-0.15, -0.1) is 0 Å². The molecule has 0 atom stereocenters. The lowest BCUT2D eigenvalue weighted by atomic mass is 9.96. The zero-order chi connectivity index (χ0) is 8.39. The molecule has 0 saturated carbocycles. The fourth-order valence-corrected chi connectivity index (χ4v) is 1.29. The fraction of sp³-hybridized carbons (Fsp3) is 0.444. The van der Waals surface area contributed by atoms with E-state index in [-0.39, 0.29) is 5.78 Å². The standard InChI is InChI=1S/C9H11NO2/c11-8(4-7-5-10-6-7)9-2-1-3-12-9/h1-3,7,10H,4-6H2. The van der Waals surface area contributed by atoms with E-state index in [2.05, 4.69) is 5.32 Å². The van der Waals surface area contributed by atoms with Gasteiger partial charge < -0.3 is 9.73 Å². The summed E-state index contributed by atoms with van der Waals surface area (Å²) in [6.45, 7) is 1.93. The summed E-state index contributed by atoms with van der Waals surface area (Å²) in [6, 6.07) is 3.46. The van der Waals surface area contributed by atoms with E-state index in [9.17, 15) is 4.79 Å². The van der Waals surface area contributed by atoms with Crippen LogP contribution >= 0.6 is 0 Å². The first-order valence-corrected chi connectivity index (χ1v) is 4.13. The van der Waals surface area contributed by atoms with Crippen LogP contribution in [0, 0.1) is 5.92 Å². The van der Waals surface area contributed by atoms with Gasteiger partial charge in [-0.1, -0.05) is 0 Å². The zero-order valence-electron chi connectivity index (χ0n) is 6.75. The second-order valence-electron chi connectivity index (χ2n) is 3.13. The summed E-state index contributed by atoms with van der Waals surface area (Å²) in [5, 5.41) is 3.13. The van der Waals surface area contributed by atoms with Crippen molar-refractivity contribution >= 4 is 5.78 Å². The molecular formula is C9H11NO2. The quantitative estimate of drug-likeness (QED) is 0.681. The largest absolute Gasteiger partial charge is 0.461 e. The van der Waals surface area contributed by atoms with Crippen LogP contribution in [0.1, 0.15) is 17.0 Å². The van der Waals surface area contributed by atoms with Gasteiger partial charge in [-0.3, -0.25) is 4.79 Å². The first kappa shape index (κ1) is 7.55. The second kappa shape index (κ2) is 3.11. The molecular weight excluding hydrogens is 154 g/mol. The van der Waals surface area contributed by atoms with Gasteiger partial charge in [-0.2, -0.15) is 0 Å². The number of Topliss-reactive ketones (excluding diaryl/α,β-unsaturated/α-hetero) is 1. The number of hydrogen-bond acceptors (Lipinski definition) is 3. The Morgan fingerprint density at radius 3 is 3.00 bits per heavy atom. The van der Waals surface area contributed by atoms with E-state index < -0.39 is 0 Å². The lowest BCUT2D eigenvalue weighted by Gasteiger charge is -2.25. The minimum atomic E-state index is 0.117. The van der Waals surface area contributed by atoms with Gasteiger partial charge in [0.05, 0.1) is 6.26 Å². The highest BCUT2D eigenvalue weighted by Gasteiger charge is 2.21. The third kappa shape index (κ3) is 1.41. The van der Waals surface area contributed by atoms with Crippen molar-refractivity contribution in [3.8, 4) is 0 Å². The molecule has 0 spiro atoms. The Hall–Kier alpha value is -1.09. The highest BCUT2D eigenvalue weighted by atomic mass is 16.3. The second-order valence-corrected chi connectivity index (χ2v) is 3.13. The molecule has 1 aromatic rings. The molecule has 1 saturated heterocycles. The number of carbonyl (C=O) groups excluding carboxylic acids is 1. The van der Waals surface area contributed by atoms with Crippen molar-refractivity contribution in [3.05, 3.63) is 24.2 Å². The van der Waals surface area contributed by atoms with Gasteiger partial charge in [0.15, 0.2) is 11.5 Å². The van der Waals surface area contributed by atoms with Crippen LogP contribution in [0.4, 0.5) is 0 Å². The summed E-state index contributed by atoms with van der Waals surface area (Å²) < 4.78 is 4.99. The van der Waals surface area contributed by atoms with Gasteiger partial charge in [0.25, 0.3) is 0 Å². The molecule has 12 heavy (non-hydrogen) atoms. The maximum Gasteiger partial charge on any atom is 0.198 e. The lowest BCUT2D eigenvalue weighted by Crippen LogP contribution is -2.42. The van der Waals surface area contributed by atoms with Crippen molar-refractivity contribution in [2.45, 2.75) is 6.42 Å². The molecule has 2 heterocycles. The first-order valence-electron chi connectivity index (χ1n) is 4.13. The molecule has 0 amide bonds. The van der Waals surface area contributed by atoms with E-state index in [1.165, 1.54) is 6.26 Å². The van der Waals surface area contributed by atoms with Gasteiger partial charge in [-0.25, -0.2) is 0 Å². The van der Waals surface area contributed by atoms with E-state index in [4.69, 9.17) is 4.42 Å². The maximum absolute atomic E-state index is 11.4. The minimum absolute atomic E-state index is 0.117. The molecule has 0 aliphatic carbocycles. The molecule has 1 aliphatic heterocycles. The topological polar surface area (TPSA) is 42.2 Å². The Morgan fingerprint density at radius 1 is 1.67 bits per heavy atom. The summed E-state index contributed by atoms with van der Waals surface area (Å²) in [4.78, 5) is 11.4. The van der Waals surface area contributed by atoms with Crippen LogP contribution in [-0.4, -0.2) is 18.9 Å². The van der Waals surface area contributed by atoms with E-state index in [1.54, 1.807) is 12.1 Å². The molecule has 0 aromatic carbocycles. The average Bonchev–Trinajstić information content (AvgIpc) is 2.47. The summed E-state index contributed by atoms with van der Waals surface area (Å²) in [5.41, 5.74) is 0. The molecule has 2 rings (SSSR count). The van der Waals surface area contributed by atoms with Crippen molar-refractivity contribution in [2.75, 3.05) is 13.1 Å². The fourth-order valence-electron chi connectivity index (χ4n) is 1.29. The van der Waals surface area contributed by atoms with Gasteiger partial charge in [0.1, 0.15) is 0 Å². The molecule has 3 nitrogen and oxygen atoms in total. The van der Waals surface area contributed by atoms with Crippen LogP contribution < -0.4 is 5.32 Å². The number of rotatable bonds is 3. The van der Waals surface area contributed by atoms with Gasteiger partial charge in [0.2, 0.25) is 0 Å². The van der Waals surface area contributed by atoms with Crippen LogP contribution in [0.5, 0.6) is 0 Å². The van der Waals surface area contributed by atoms with Crippen molar-refractivity contribution < 1.29 is 9.21 Å². The number of hydrogen-bond donors (Lipinski definition) is 1. The van der Waals surface area contributed by atoms with Crippen molar-refractivity contribution in [1.29, 1.82) is 0 Å². The molecule has 1 fully saturated rings. The number of ketones is 1. The predicted molar refractivity (Wildman–Crippen MR) is 44.0 cm³/mol. The summed E-state index contributed by atoms with van der Waals surface area (Å²) in [6.07, 6.45) is 2.15. The van der Waals surface area contributed by atoms with E-state index in [1.807, 2.05) is 0 Å². The highest BCUT2D eigenvalue weighted by molar-refractivity contribution is 5.93. The van der Waals surface area contributed by atoms with Gasteiger partial charge in [-0.05, 0) is 31.1 Å². The number of furan rings is 1. The lowest BCUT2D eigenvalue weighted by molar-refractivity contribution is 0.0918. The predicted octanol–water partition coefficient (Wildman–Crippen LogP) is 1.07. The van der Waals surface area contributed by atoms with Crippen LogP contribution in [0.2, 0.25) is 0 Å². The maximum atomic E-state index is 11.4. The molecule has 0 unspecified atom stereocenters. The monoisotopic (exact) mass is 165 g/mol. The normalized spacial score (nSPS) is 17.3. The van der Waals surface area contributed by atoms with Crippen LogP contribution in [0.15, 0.2) is 22.8 Å². The minimum Gasteiger partial charge on any atom is -0.461 e. The summed E-state index contributed by atoms with van der Waals surface area (Å²) in [5.74, 6) is 1.12.